The van der Waals surface area contributed by atoms with Gasteiger partial charge in [-0.1, -0.05) is 30.3 Å². The van der Waals surface area contributed by atoms with E-state index in [9.17, 15) is 10.1 Å². The van der Waals surface area contributed by atoms with Crippen molar-refractivity contribution in [2.45, 2.75) is 0 Å². The van der Waals surface area contributed by atoms with E-state index in [1.54, 1.807) is 24.8 Å². The van der Waals surface area contributed by atoms with Crippen molar-refractivity contribution in [2.24, 2.45) is 4.99 Å². The van der Waals surface area contributed by atoms with E-state index in [0.29, 0.717) is 33.6 Å². The quantitative estimate of drug-likeness (QED) is 0.409. The molecule has 140 valence electrons. The fourth-order valence-corrected chi connectivity index (χ4v) is 3.42. The molecule has 29 heavy (non-hydrogen) atoms. The lowest BCUT2D eigenvalue weighted by Crippen LogP contribution is -2.07. The molecule has 0 saturated heterocycles. The third-order valence-electron chi connectivity index (χ3n) is 4.76. The summed E-state index contributed by atoms with van der Waals surface area (Å²) in [5.41, 5.74) is 4.65. The number of rotatable bonds is 3. The zero-order valence-electron chi connectivity index (χ0n) is 15.0. The highest BCUT2D eigenvalue weighted by Gasteiger charge is 2.25. The number of aromatic nitrogens is 3. The Bertz CT molecular complexity index is 1290. The summed E-state index contributed by atoms with van der Waals surface area (Å²) < 4.78 is 0. The summed E-state index contributed by atoms with van der Waals surface area (Å²) in [5, 5.41) is 22.4. The Balaban J connectivity index is 1.82. The number of hydrogen-bond acceptors (Lipinski definition) is 6. The van der Waals surface area contributed by atoms with E-state index < -0.39 is 4.92 Å². The second-order valence-corrected chi connectivity index (χ2v) is 6.48. The molecule has 1 aliphatic heterocycles. The lowest BCUT2D eigenvalue weighted by molar-refractivity contribution is -0.383. The van der Waals surface area contributed by atoms with Gasteiger partial charge in [-0.05, 0) is 12.1 Å². The number of H-pyrrole nitrogens is 1. The van der Waals surface area contributed by atoms with E-state index in [1.807, 2.05) is 42.5 Å². The molecule has 8 nitrogen and oxygen atoms in total. The summed E-state index contributed by atoms with van der Waals surface area (Å²) >= 11 is 0. The number of non-ortho nitro benzene ring substituents is 1. The van der Waals surface area contributed by atoms with Gasteiger partial charge < -0.3 is 5.32 Å². The highest BCUT2D eigenvalue weighted by Crippen LogP contribution is 2.37. The molecule has 2 aromatic carbocycles. The molecule has 0 spiro atoms. The van der Waals surface area contributed by atoms with Gasteiger partial charge in [-0.15, -0.1) is 0 Å². The minimum atomic E-state index is -0.413. The molecule has 0 atom stereocenters. The zero-order valence-corrected chi connectivity index (χ0v) is 15.0. The Kier molecular flexibility index (Phi) is 3.87. The number of fused-ring (bicyclic) bond motifs is 3. The molecule has 5 rings (SSSR count). The van der Waals surface area contributed by atoms with Gasteiger partial charge >= 0.3 is 0 Å². The van der Waals surface area contributed by atoms with Crippen LogP contribution in [0, 0.1) is 10.1 Å². The van der Waals surface area contributed by atoms with Crippen molar-refractivity contribution in [3.63, 3.8) is 0 Å². The number of hydrogen-bond donors (Lipinski definition) is 2. The van der Waals surface area contributed by atoms with Crippen LogP contribution in [0.1, 0.15) is 16.7 Å². The van der Waals surface area contributed by atoms with E-state index in [1.165, 1.54) is 6.07 Å². The summed E-state index contributed by atoms with van der Waals surface area (Å²) in [6, 6.07) is 14.9. The van der Waals surface area contributed by atoms with Crippen LogP contribution in [0.4, 0.5) is 11.4 Å². The monoisotopic (exact) mass is 382 g/mol. The van der Waals surface area contributed by atoms with Crippen LogP contribution >= 0.6 is 0 Å². The predicted molar refractivity (Wildman–Crippen MR) is 111 cm³/mol. The van der Waals surface area contributed by atoms with Gasteiger partial charge in [0.15, 0.2) is 0 Å². The third-order valence-corrected chi connectivity index (χ3v) is 4.76. The molecule has 0 unspecified atom stereocenters. The molecular formula is C21H14N6O2. The summed E-state index contributed by atoms with van der Waals surface area (Å²) in [4.78, 5) is 20.3. The first-order chi connectivity index (χ1) is 14.2. The summed E-state index contributed by atoms with van der Waals surface area (Å²) in [6.45, 7) is 0. The molecule has 1 aliphatic rings. The van der Waals surface area contributed by atoms with Gasteiger partial charge in [0, 0.05) is 41.4 Å². The second kappa shape index (κ2) is 6.68. The lowest BCUT2D eigenvalue weighted by atomic mass is 9.98. The van der Waals surface area contributed by atoms with Gasteiger partial charge in [0.05, 0.1) is 33.6 Å². The van der Waals surface area contributed by atoms with E-state index in [2.05, 4.69) is 20.5 Å². The van der Waals surface area contributed by atoms with E-state index >= 15 is 0 Å². The Morgan fingerprint density at radius 2 is 1.83 bits per heavy atom. The molecule has 0 amide bonds. The predicted octanol–water partition coefficient (Wildman–Crippen LogP) is 4.13. The molecule has 2 aromatic heterocycles. The van der Waals surface area contributed by atoms with Gasteiger partial charge in [-0.3, -0.25) is 20.2 Å². The number of anilines is 1. The Morgan fingerprint density at radius 3 is 2.59 bits per heavy atom. The van der Waals surface area contributed by atoms with Crippen LogP contribution in [-0.4, -0.2) is 25.8 Å². The molecule has 0 saturated carbocycles. The van der Waals surface area contributed by atoms with Gasteiger partial charge in [-0.2, -0.15) is 5.10 Å². The molecule has 0 fully saturated rings. The normalized spacial score (nSPS) is 13.1. The summed E-state index contributed by atoms with van der Waals surface area (Å²) in [6.07, 6.45) is 6.79. The van der Waals surface area contributed by atoms with Crippen LogP contribution in [0.5, 0.6) is 0 Å². The topological polar surface area (TPSA) is 109 Å². The van der Waals surface area contributed by atoms with E-state index in [0.717, 1.165) is 11.1 Å². The maximum Gasteiger partial charge on any atom is 0.295 e. The Hall–Kier alpha value is -4.33. The number of aromatic amines is 1. The number of benzene rings is 2. The van der Waals surface area contributed by atoms with Crippen LogP contribution < -0.4 is 5.32 Å². The van der Waals surface area contributed by atoms with Crippen molar-refractivity contribution >= 4 is 33.7 Å². The fraction of sp³-hybridized carbons (Fsp3) is 0. The van der Waals surface area contributed by atoms with Gasteiger partial charge in [0.25, 0.3) is 5.69 Å². The lowest BCUT2D eigenvalue weighted by Gasteiger charge is -2.11. The van der Waals surface area contributed by atoms with Crippen molar-refractivity contribution in [3.8, 4) is 0 Å². The van der Waals surface area contributed by atoms with Crippen LogP contribution in [-0.2, 0) is 0 Å². The van der Waals surface area contributed by atoms with Crippen molar-refractivity contribution < 1.29 is 4.92 Å². The Morgan fingerprint density at radius 1 is 1.00 bits per heavy atom. The SMILES string of the molecule is O=[N+]([O-])c1cc2c(c3cn[nH]c13)NC=C(c1cccnc1)N=C2c1ccccc1. The number of nitro groups is 1. The average molecular weight is 382 g/mol. The van der Waals surface area contributed by atoms with Crippen molar-refractivity contribution in [2.75, 3.05) is 5.32 Å². The molecular weight excluding hydrogens is 368 g/mol. The zero-order chi connectivity index (χ0) is 19.8. The molecule has 0 bridgehead atoms. The molecule has 4 aromatic rings. The maximum absolute atomic E-state index is 11.7. The van der Waals surface area contributed by atoms with Gasteiger partial charge in [0.1, 0.15) is 5.52 Å². The molecule has 0 radical (unpaired) electrons. The standard InChI is InChI=1S/C21H14N6O2/c28-27(29)18-9-15-19(13-5-2-1-3-6-13)25-17(14-7-4-8-22-10-14)12-23-20(15)16-11-24-26-21(16)18/h1-12,23H,(H,24,26). The van der Waals surface area contributed by atoms with Crippen LogP contribution in [0.3, 0.4) is 0 Å². The Labute approximate surface area is 164 Å². The van der Waals surface area contributed by atoms with Crippen LogP contribution in [0.25, 0.3) is 16.6 Å². The number of nitrogens with zero attached hydrogens (tertiary/aromatic N) is 4. The largest absolute Gasteiger partial charge is 0.359 e. The first-order valence-corrected chi connectivity index (χ1v) is 8.88. The van der Waals surface area contributed by atoms with Crippen LogP contribution in [0.2, 0.25) is 0 Å². The highest BCUT2D eigenvalue weighted by atomic mass is 16.6. The minimum absolute atomic E-state index is 0.0495. The average Bonchev–Trinajstić information content (AvgIpc) is 3.16. The summed E-state index contributed by atoms with van der Waals surface area (Å²) in [5.74, 6) is 0. The van der Waals surface area contributed by atoms with Gasteiger partial charge in [-0.25, -0.2) is 4.99 Å². The third kappa shape index (κ3) is 2.83. The van der Waals surface area contributed by atoms with E-state index in [4.69, 9.17) is 4.99 Å². The number of aliphatic imine (C=N–C) groups is 1. The van der Waals surface area contributed by atoms with Crippen molar-refractivity contribution in [1.82, 2.24) is 15.2 Å². The molecule has 8 heteroatoms. The summed E-state index contributed by atoms with van der Waals surface area (Å²) in [7, 11) is 0. The van der Waals surface area contributed by atoms with Gasteiger partial charge in [0.2, 0.25) is 0 Å². The molecule has 0 aliphatic carbocycles. The second-order valence-electron chi connectivity index (χ2n) is 6.48. The number of pyridine rings is 1. The smallest absolute Gasteiger partial charge is 0.295 e. The maximum atomic E-state index is 11.7. The van der Waals surface area contributed by atoms with Crippen LogP contribution in [0.15, 0.2) is 78.3 Å². The number of nitrogens with one attached hydrogen (secondary N) is 2. The van der Waals surface area contributed by atoms with Crippen molar-refractivity contribution in [3.05, 3.63) is 100 Å². The van der Waals surface area contributed by atoms with E-state index in [-0.39, 0.29) is 5.69 Å². The highest BCUT2D eigenvalue weighted by molar-refractivity contribution is 6.22. The van der Waals surface area contributed by atoms with Crippen molar-refractivity contribution in [1.29, 1.82) is 0 Å². The fourth-order valence-electron chi connectivity index (χ4n) is 3.42. The number of nitro benzene ring substituents is 1. The first-order valence-electron chi connectivity index (χ1n) is 8.88. The first kappa shape index (κ1) is 16.8. The molecule has 3 heterocycles. The molecule has 2 N–H and O–H groups in total. The minimum Gasteiger partial charge on any atom is -0.359 e.